The van der Waals surface area contributed by atoms with Crippen molar-refractivity contribution < 1.29 is 4.79 Å². The Morgan fingerprint density at radius 1 is 1.50 bits per heavy atom. The monoisotopic (exact) mass is 248 g/mol. The minimum absolute atomic E-state index is 0.181. The Morgan fingerprint density at radius 3 is 2.94 bits per heavy atom. The second-order valence-electron chi connectivity index (χ2n) is 5.84. The van der Waals surface area contributed by atoms with Gasteiger partial charge in [-0.1, -0.05) is 20.3 Å². The van der Waals surface area contributed by atoms with Gasteiger partial charge < -0.3 is 10.3 Å². The van der Waals surface area contributed by atoms with Gasteiger partial charge in [0.1, 0.15) is 5.56 Å². The van der Waals surface area contributed by atoms with Gasteiger partial charge in [-0.2, -0.15) is 0 Å². The summed E-state index contributed by atoms with van der Waals surface area (Å²) in [5.41, 5.74) is 0.144. The van der Waals surface area contributed by atoms with Crippen LogP contribution < -0.4 is 10.9 Å². The zero-order valence-corrected chi connectivity index (χ0v) is 11.0. The molecule has 1 atom stereocenters. The Balaban J connectivity index is 2.04. The molecule has 1 aliphatic carbocycles. The van der Waals surface area contributed by atoms with Crippen LogP contribution in [0.25, 0.3) is 0 Å². The van der Waals surface area contributed by atoms with Crippen LogP contribution in [0.15, 0.2) is 23.1 Å². The largest absolute Gasteiger partial charge is 0.349 e. The van der Waals surface area contributed by atoms with Crippen LogP contribution in [0.4, 0.5) is 0 Å². The van der Waals surface area contributed by atoms with Crippen LogP contribution in [-0.4, -0.2) is 16.9 Å². The Hall–Kier alpha value is -1.58. The highest BCUT2D eigenvalue weighted by molar-refractivity contribution is 5.93. The van der Waals surface area contributed by atoms with Crippen molar-refractivity contribution in [2.75, 3.05) is 0 Å². The first-order chi connectivity index (χ1) is 8.48. The number of rotatable bonds is 2. The van der Waals surface area contributed by atoms with E-state index < -0.39 is 0 Å². The lowest BCUT2D eigenvalue weighted by Crippen LogP contribution is -2.42. The average Bonchev–Trinajstić information content (AvgIpc) is 2.28. The highest BCUT2D eigenvalue weighted by atomic mass is 16.2. The summed E-state index contributed by atoms with van der Waals surface area (Å²) in [6, 6.07) is 3.41. The normalized spacial score (nSPS) is 22.4. The van der Waals surface area contributed by atoms with Crippen LogP contribution in [0.5, 0.6) is 0 Å². The number of hydrogen-bond donors (Lipinski definition) is 2. The highest BCUT2D eigenvalue weighted by Gasteiger charge is 2.29. The molecule has 0 saturated heterocycles. The first kappa shape index (κ1) is 12.9. The fourth-order valence-electron chi connectivity index (χ4n) is 2.68. The predicted octanol–water partition coefficient (Wildman–Crippen LogP) is 2.07. The highest BCUT2D eigenvalue weighted by Crippen LogP contribution is 2.35. The third-order valence-electron chi connectivity index (χ3n) is 3.60. The number of nitrogens with one attached hydrogen (secondary N) is 2. The van der Waals surface area contributed by atoms with Crippen LogP contribution in [0.1, 0.15) is 49.9 Å². The number of carbonyl (C=O) groups excluding carboxylic acids is 1. The molecule has 0 bridgehead atoms. The quantitative estimate of drug-likeness (QED) is 0.841. The lowest BCUT2D eigenvalue weighted by Gasteiger charge is -2.35. The van der Waals surface area contributed by atoms with E-state index >= 15 is 0 Å². The van der Waals surface area contributed by atoms with Gasteiger partial charge in [0.05, 0.1) is 0 Å². The topological polar surface area (TPSA) is 62.0 Å². The fourth-order valence-corrected chi connectivity index (χ4v) is 2.68. The van der Waals surface area contributed by atoms with Gasteiger partial charge in [0.15, 0.2) is 0 Å². The molecular weight excluding hydrogens is 228 g/mol. The summed E-state index contributed by atoms with van der Waals surface area (Å²) in [5.74, 6) is -0.264. The summed E-state index contributed by atoms with van der Waals surface area (Å²) in [6.45, 7) is 4.45. The molecule has 1 fully saturated rings. The summed E-state index contributed by atoms with van der Waals surface area (Å²) in [7, 11) is 0. The number of hydrogen-bond acceptors (Lipinski definition) is 2. The average molecular weight is 248 g/mol. The maximum atomic E-state index is 12.0. The Kier molecular flexibility index (Phi) is 3.55. The van der Waals surface area contributed by atoms with Gasteiger partial charge in [-0.25, -0.2) is 0 Å². The predicted molar refractivity (Wildman–Crippen MR) is 70.6 cm³/mol. The molecule has 1 aromatic rings. The zero-order chi connectivity index (χ0) is 13.2. The van der Waals surface area contributed by atoms with Crippen molar-refractivity contribution in [3.8, 4) is 0 Å². The van der Waals surface area contributed by atoms with Gasteiger partial charge in [-0.15, -0.1) is 0 Å². The van der Waals surface area contributed by atoms with Crippen molar-refractivity contribution in [2.24, 2.45) is 5.41 Å². The minimum Gasteiger partial charge on any atom is -0.349 e. The summed E-state index contributed by atoms with van der Waals surface area (Å²) >= 11 is 0. The molecule has 1 aliphatic rings. The number of pyridine rings is 1. The molecule has 1 amide bonds. The minimum atomic E-state index is -0.329. The van der Waals surface area contributed by atoms with Gasteiger partial charge in [0, 0.05) is 12.2 Å². The van der Waals surface area contributed by atoms with E-state index in [1.165, 1.54) is 12.6 Å². The van der Waals surface area contributed by atoms with Crippen LogP contribution in [0.3, 0.4) is 0 Å². The standard InChI is InChI=1S/C14H20N2O2/c1-14(2)7-3-5-10(9-14)16-13(18)11-6-4-8-15-12(11)17/h4,6,8,10H,3,5,7,9H2,1-2H3,(H,15,17)(H,16,18)/t10-/m0/s1. The molecule has 0 unspecified atom stereocenters. The van der Waals surface area contributed by atoms with E-state index in [2.05, 4.69) is 24.1 Å². The smallest absolute Gasteiger partial charge is 0.260 e. The van der Waals surface area contributed by atoms with E-state index in [-0.39, 0.29) is 28.5 Å². The van der Waals surface area contributed by atoms with Crippen LogP contribution in [0, 0.1) is 5.41 Å². The number of amides is 1. The van der Waals surface area contributed by atoms with Gasteiger partial charge in [-0.05, 0) is 36.8 Å². The molecule has 0 spiro atoms. The van der Waals surface area contributed by atoms with Gasteiger partial charge in [0.25, 0.3) is 11.5 Å². The van der Waals surface area contributed by atoms with Gasteiger partial charge in [-0.3, -0.25) is 9.59 Å². The molecule has 2 N–H and O–H groups in total. The van der Waals surface area contributed by atoms with Crippen LogP contribution >= 0.6 is 0 Å². The number of aromatic nitrogens is 1. The number of H-pyrrole nitrogens is 1. The summed E-state index contributed by atoms with van der Waals surface area (Å²) in [6.07, 6.45) is 5.83. The molecule has 4 nitrogen and oxygen atoms in total. The number of aromatic amines is 1. The molecule has 1 saturated carbocycles. The maximum Gasteiger partial charge on any atom is 0.260 e. The van der Waals surface area contributed by atoms with E-state index in [0.717, 1.165) is 19.3 Å². The van der Waals surface area contributed by atoms with E-state index in [1.807, 2.05) is 0 Å². The maximum absolute atomic E-state index is 12.0. The van der Waals surface area contributed by atoms with E-state index in [9.17, 15) is 9.59 Å². The summed E-state index contributed by atoms with van der Waals surface area (Å²) in [5, 5.41) is 2.97. The molecule has 0 aromatic carbocycles. The lowest BCUT2D eigenvalue weighted by molar-refractivity contribution is 0.0901. The van der Waals surface area contributed by atoms with E-state index in [4.69, 9.17) is 0 Å². The molecule has 98 valence electrons. The molecule has 1 heterocycles. The SMILES string of the molecule is CC1(C)CCC[C@H](NC(=O)c2ccc[nH]c2=O)C1. The fraction of sp³-hybridized carbons (Fsp3) is 0.571. The van der Waals surface area contributed by atoms with E-state index in [0.29, 0.717) is 0 Å². The second kappa shape index (κ2) is 4.96. The second-order valence-corrected chi connectivity index (χ2v) is 5.84. The molecule has 2 rings (SSSR count). The van der Waals surface area contributed by atoms with Crippen molar-refractivity contribution in [1.29, 1.82) is 0 Å². The first-order valence-corrected chi connectivity index (χ1v) is 6.46. The molecular formula is C14H20N2O2. The van der Waals surface area contributed by atoms with Gasteiger partial charge in [0.2, 0.25) is 0 Å². The summed E-state index contributed by atoms with van der Waals surface area (Å²) < 4.78 is 0. The van der Waals surface area contributed by atoms with Crippen LogP contribution in [-0.2, 0) is 0 Å². The molecule has 18 heavy (non-hydrogen) atoms. The lowest BCUT2D eigenvalue weighted by atomic mass is 9.75. The van der Waals surface area contributed by atoms with Crippen molar-refractivity contribution in [1.82, 2.24) is 10.3 Å². The van der Waals surface area contributed by atoms with Crippen molar-refractivity contribution in [2.45, 2.75) is 45.6 Å². The van der Waals surface area contributed by atoms with Gasteiger partial charge >= 0.3 is 0 Å². The summed E-state index contributed by atoms with van der Waals surface area (Å²) in [4.78, 5) is 26.0. The molecule has 1 aromatic heterocycles. The van der Waals surface area contributed by atoms with Crippen molar-refractivity contribution in [3.05, 3.63) is 34.2 Å². The third kappa shape index (κ3) is 3.00. The van der Waals surface area contributed by atoms with Crippen LogP contribution in [0.2, 0.25) is 0 Å². The molecule has 4 heteroatoms. The third-order valence-corrected chi connectivity index (χ3v) is 3.60. The zero-order valence-electron chi connectivity index (χ0n) is 11.0. The molecule has 0 radical (unpaired) electrons. The molecule has 0 aliphatic heterocycles. The Bertz CT molecular complexity index is 491. The van der Waals surface area contributed by atoms with E-state index in [1.54, 1.807) is 12.1 Å². The Morgan fingerprint density at radius 2 is 2.28 bits per heavy atom. The number of carbonyl (C=O) groups is 1. The van der Waals surface area contributed by atoms with Crippen molar-refractivity contribution >= 4 is 5.91 Å². The first-order valence-electron chi connectivity index (χ1n) is 6.46. The Labute approximate surface area is 107 Å². The van der Waals surface area contributed by atoms with Crippen molar-refractivity contribution in [3.63, 3.8) is 0 Å².